The van der Waals surface area contributed by atoms with Crippen molar-refractivity contribution in [1.82, 2.24) is 29.7 Å². The number of nitrogens with zero attached hydrogens (tertiary/aromatic N) is 6. The molecule has 0 spiro atoms. The van der Waals surface area contributed by atoms with E-state index in [9.17, 15) is 8.42 Å². The van der Waals surface area contributed by atoms with Gasteiger partial charge in [0.1, 0.15) is 10.6 Å². The van der Waals surface area contributed by atoms with Crippen LogP contribution in [-0.4, -0.2) is 45.1 Å². The van der Waals surface area contributed by atoms with Crippen LogP contribution in [0.25, 0.3) is 0 Å². The van der Waals surface area contributed by atoms with E-state index in [-0.39, 0.29) is 17.2 Å². The van der Waals surface area contributed by atoms with Crippen molar-refractivity contribution in [3.8, 4) is 0 Å². The summed E-state index contributed by atoms with van der Waals surface area (Å²) in [7, 11) is -0.583. The molecule has 0 radical (unpaired) electrons. The van der Waals surface area contributed by atoms with Gasteiger partial charge in [-0.05, 0) is 24.3 Å². The summed E-state index contributed by atoms with van der Waals surface area (Å²) in [6.07, 6.45) is 0. The van der Waals surface area contributed by atoms with Crippen molar-refractivity contribution in [1.29, 1.82) is 0 Å². The molecular formula is C9H14N6O3S. The van der Waals surface area contributed by atoms with E-state index < -0.39 is 10.0 Å². The first-order chi connectivity index (χ1) is 8.84. The summed E-state index contributed by atoms with van der Waals surface area (Å²) in [6.45, 7) is 3.21. The maximum atomic E-state index is 12.4. The Bertz CT molecular complexity index is 669. The number of tetrazole rings is 1. The van der Waals surface area contributed by atoms with E-state index >= 15 is 0 Å². The summed E-state index contributed by atoms with van der Waals surface area (Å²) in [5.41, 5.74) is 0.334. The second-order valence-electron chi connectivity index (χ2n) is 4.13. The number of sulfonamides is 1. The van der Waals surface area contributed by atoms with E-state index in [2.05, 4.69) is 20.7 Å². The summed E-state index contributed by atoms with van der Waals surface area (Å²) < 4.78 is 32.3. The van der Waals surface area contributed by atoms with Crippen LogP contribution in [0.2, 0.25) is 0 Å². The van der Waals surface area contributed by atoms with E-state index in [4.69, 9.17) is 4.52 Å². The molecule has 19 heavy (non-hydrogen) atoms. The number of aromatic nitrogens is 5. The van der Waals surface area contributed by atoms with Crippen LogP contribution in [0.15, 0.2) is 9.42 Å². The largest absolute Gasteiger partial charge is 0.360 e. The minimum Gasteiger partial charge on any atom is -0.360 e. The lowest BCUT2D eigenvalue weighted by atomic mass is 10.4. The Labute approximate surface area is 110 Å². The molecule has 0 saturated carbocycles. The third kappa shape index (κ3) is 2.36. The summed E-state index contributed by atoms with van der Waals surface area (Å²) >= 11 is 0. The van der Waals surface area contributed by atoms with Gasteiger partial charge in [-0.25, -0.2) is 13.1 Å². The van der Waals surface area contributed by atoms with E-state index in [1.54, 1.807) is 20.9 Å². The van der Waals surface area contributed by atoms with Gasteiger partial charge in [-0.2, -0.15) is 4.31 Å². The molecule has 0 amide bonds. The third-order valence-electron chi connectivity index (χ3n) is 2.71. The smallest absolute Gasteiger partial charge is 0.248 e. The molecule has 0 fully saturated rings. The van der Waals surface area contributed by atoms with Gasteiger partial charge in [-0.1, -0.05) is 5.16 Å². The number of hydrogen-bond donors (Lipinski definition) is 0. The lowest BCUT2D eigenvalue weighted by molar-refractivity contribution is 0.389. The molecule has 0 aliphatic heterocycles. The van der Waals surface area contributed by atoms with Crippen LogP contribution in [0.1, 0.15) is 17.3 Å². The molecule has 2 heterocycles. The van der Waals surface area contributed by atoms with Gasteiger partial charge in [0, 0.05) is 14.1 Å². The molecular weight excluding hydrogens is 272 g/mol. The average Bonchev–Trinajstić information content (AvgIpc) is 2.86. The molecule has 0 saturated heterocycles. The fraction of sp³-hybridized carbons (Fsp3) is 0.556. The molecule has 0 N–H and O–H groups in total. The monoisotopic (exact) mass is 286 g/mol. The maximum absolute atomic E-state index is 12.4. The Kier molecular flexibility index (Phi) is 3.37. The Morgan fingerprint density at radius 1 is 1.37 bits per heavy atom. The lowest BCUT2D eigenvalue weighted by Crippen LogP contribution is -2.28. The maximum Gasteiger partial charge on any atom is 0.248 e. The van der Waals surface area contributed by atoms with Crippen molar-refractivity contribution >= 4 is 10.0 Å². The standard InChI is InChI=1S/C9H14N6O3S/c1-6-9(7(2)18-11-6)19(16,17)14(3)5-8-10-12-13-15(8)4/h5H2,1-4H3. The summed E-state index contributed by atoms with van der Waals surface area (Å²) in [5.74, 6) is 0.707. The molecule has 0 atom stereocenters. The molecule has 0 aromatic carbocycles. The molecule has 104 valence electrons. The zero-order valence-corrected chi connectivity index (χ0v) is 11.8. The number of aryl methyl sites for hydroxylation is 3. The Hall–Kier alpha value is -1.81. The van der Waals surface area contributed by atoms with Gasteiger partial charge >= 0.3 is 0 Å². The predicted molar refractivity (Wildman–Crippen MR) is 63.4 cm³/mol. The zero-order chi connectivity index (χ0) is 14.2. The highest BCUT2D eigenvalue weighted by Gasteiger charge is 2.29. The highest BCUT2D eigenvalue weighted by molar-refractivity contribution is 7.89. The molecule has 0 aliphatic carbocycles. The highest BCUT2D eigenvalue weighted by Crippen LogP contribution is 2.22. The minimum absolute atomic E-state index is 0.0654. The van der Waals surface area contributed by atoms with E-state index in [0.29, 0.717) is 11.5 Å². The van der Waals surface area contributed by atoms with Gasteiger partial charge in [-0.3, -0.25) is 0 Å². The first-order valence-corrected chi connectivity index (χ1v) is 6.88. The topological polar surface area (TPSA) is 107 Å². The van der Waals surface area contributed by atoms with Gasteiger partial charge in [0.25, 0.3) is 0 Å². The fourth-order valence-electron chi connectivity index (χ4n) is 1.66. The average molecular weight is 286 g/mol. The van der Waals surface area contributed by atoms with E-state index in [1.807, 2.05) is 0 Å². The van der Waals surface area contributed by atoms with Crippen LogP contribution < -0.4 is 0 Å². The Morgan fingerprint density at radius 2 is 2.05 bits per heavy atom. The fourth-order valence-corrected chi connectivity index (χ4v) is 3.07. The predicted octanol–water partition coefficient (Wildman–Crippen LogP) is -0.364. The molecule has 2 aromatic heterocycles. The first kappa shape index (κ1) is 13.6. The van der Waals surface area contributed by atoms with Gasteiger partial charge in [0.15, 0.2) is 11.6 Å². The molecule has 2 aromatic rings. The first-order valence-electron chi connectivity index (χ1n) is 5.44. The van der Waals surface area contributed by atoms with Gasteiger partial charge in [0.05, 0.1) is 6.54 Å². The Morgan fingerprint density at radius 3 is 2.53 bits per heavy atom. The van der Waals surface area contributed by atoms with Crippen molar-refractivity contribution in [3.63, 3.8) is 0 Å². The zero-order valence-electron chi connectivity index (χ0n) is 11.0. The van der Waals surface area contributed by atoms with Crippen LogP contribution in [0.4, 0.5) is 0 Å². The van der Waals surface area contributed by atoms with Crippen molar-refractivity contribution in [2.24, 2.45) is 7.05 Å². The Balaban J connectivity index is 2.33. The number of rotatable bonds is 4. The van der Waals surface area contributed by atoms with Crippen LogP contribution in [0.3, 0.4) is 0 Å². The molecule has 10 heteroatoms. The normalized spacial score (nSPS) is 12.3. The summed E-state index contributed by atoms with van der Waals surface area (Å²) in [5, 5.41) is 14.5. The van der Waals surface area contributed by atoms with Crippen molar-refractivity contribution < 1.29 is 12.9 Å². The molecule has 0 aliphatic rings. The summed E-state index contributed by atoms with van der Waals surface area (Å²) in [4.78, 5) is 0.0881. The van der Waals surface area contributed by atoms with Crippen molar-refractivity contribution in [2.75, 3.05) is 7.05 Å². The quantitative estimate of drug-likeness (QED) is 0.755. The van der Waals surface area contributed by atoms with Gasteiger partial charge in [-0.15, -0.1) is 5.10 Å². The van der Waals surface area contributed by atoms with E-state index in [0.717, 1.165) is 4.31 Å². The van der Waals surface area contributed by atoms with Crippen molar-refractivity contribution in [3.05, 3.63) is 17.3 Å². The van der Waals surface area contributed by atoms with Gasteiger partial charge < -0.3 is 4.52 Å². The van der Waals surface area contributed by atoms with Crippen LogP contribution in [-0.2, 0) is 23.6 Å². The van der Waals surface area contributed by atoms with Gasteiger partial charge in [0.2, 0.25) is 10.0 Å². The SMILES string of the molecule is Cc1noc(C)c1S(=O)(=O)N(C)Cc1nnnn1C. The second-order valence-corrected chi connectivity index (χ2v) is 6.11. The second kappa shape index (κ2) is 4.70. The van der Waals surface area contributed by atoms with Crippen LogP contribution in [0, 0.1) is 13.8 Å². The van der Waals surface area contributed by atoms with Crippen LogP contribution >= 0.6 is 0 Å². The molecule has 0 unspecified atom stereocenters. The molecule has 2 rings (SSSR count). The van der Waals surface area contributed by atoms with Crippen LogP contribution in [0.5, 0.6) is 0 Å². The summed E-state index contributed by atoms with van der Waals surface area (Å²) in [6, 6.07) is 0. The lowest BCUT2D eigenvalue weighted by Gasteiger charge is -2.15. The number of hydrogen-bond acceptors (Lipinski definition) is 7. The van der Waals surface area contributed by atoms with E-state index in [1.165, 1.54) is 11.7 Å². The van der Waals surface area contributed by atoms with Crippen molar-refractivity contribution in [2.45, 2.75) is 25.3 Å². The third-order valence-corrected chi connectivity index (χ3v) is 4.76. The molecule has 0 bridgehead atoms. The molecule has 9 nitrogen and oxygen atoms in total. The highest BCUT2D eigenvalue weighted by atomic mass is 32.2. The minimum atomic E-state index is -3.68.